The van der Waals surface area contributed by atoms with Gasteiger partial charge in [-0.25, -0.2) is 19.2 Å². The number of carboxylic acid groups (broad SMARTS) is 4. The fraction of sp³-hybridized carbons (Fsp3) is 0. The van der Waals surface area contributed by atoms with Crippen molar-refractivity contribution in [3.05, 3.63) is 52.6 Å². The van der Waals surface area contributed by atoms with Crippen LogP contribution < -0.4 is 0 Å². The molecule has 0 fully saturated rings. The molecule has 0 saturated carbocycles. The van der Waals surface area contributed by atoms with E-state index >= 15 is 0 Å². The predicted molar refractivity (Wildman–Crippen MR) is 85.7 cm³/mol. The molecule has 0 saturated heterocycles. The van der Waals surface area contributed by atoms with Gasteiger partial charge in [0.2, 0.25) is 0 Å². The molecule has 7 N–H and O–H groups in total. The average molecular weight is 380 g/mol. The second-order valence-corrected chi connectivity index (χ2v) is 4.81. The van der Waals surface area contributed by atoms with Gasteiger partial charge in [0.15, 0.2) is 11.5 Å². The molecule has 0 bridgehead atoms. The Balaban J connectivity index is 0.000000271. The number of phenols is 3. The lowest BCUT2D eigenvalue weighted by Gasteiger charge is -2.04. The Hall–Kier alpha value is -4.28. The molecule has 0 atom stereocenters. The van der Waals surface area contributed by atoms with Crippen molar-refractivity contribution >= 4 is 23.9 Å². The normalized spacial score (nSPS) is 9.63. The van der Waals surface area contributed by atoms with Crippen molar-refractivity contribution in [1.82, 2.24) is 0 Å². The SMILES string of the molecule is O=C(O)c1ccc(O)c(O)c1C(=O)O.O=C(O)c1ccc(O)cc1C(=O)O. The van der Waals surface area contributed by atoms with E-state index in [9.17, 15) is 19.2 Å². The van der Waals surface area contributed by atoms with Crippen LogP contribution in [0.3, 0.4) is 0 Å². The van der Waals surface area contributed by atoms with Crippen molar-refractivity contribution in [2.24, 2.45) is 0 Å². The second kappa shape index (κ2) is 8.20. The van der Waals surface area contributed by atoms with Crippen LogP contribution in [0.4, 0.5) is 0 Å². The van der Waals surface area contributed by atoms with Crippen LogP contribution in [0.25, 0.3) is 0 Å². The van der Waals surface area contributed by atoms with E-state index in [0.29, 0.717) is 0 Å². The minimum Gasteiger partial charge on any atom is -0.508 e. The van der Waals surface area contributed by atoms with E-state index in [1.807, 2.05) is 0 Å². The fourth-order valence-electron chi connectivity index (χ4n) is 1.87. The second-order valence-electron chi connectivity index (χ2n) is 4.81. The highest BCUT2D eigenvalue weighted by molar-refractivity contribution is 6.04. The highest BCUT2D eigenvalue weighted by Crippen LogP contribution is 2.31. The molecule has 11 heteroatoms. The summed E-state index contributed by atoms with van der Waals surface area (Å²) in [5.41, 5.74) is -2.16. The number of rotatable bonds is 4. The first-order valence-corrected chi connectivity index (χ1v) is 6.78. The van der Waals surface area contributed by atoms with Crippen LogP contribution in [0.1, 0.15) is 41.4 Å². The maximum Gasteiger partial charge on any atom is 0.340 e. The lowest BCUT2D eigenvalue weighted by Crippen LogP contribution is -2.08. The molecular formula is C16H12O11. The van der Waals surface area contributed by atoms with Gasteiger partial charge in [-0.2, -0.15) is 0 Å². The van der Waals surface area contributed by atoms with Crippen molar-refractivity contribution < 1.29 is 54.9 Å². The summed E-state index contributed by atoms with van der Waals surface area (Å²) in [6.45, 7) is 0. The Labute approximate surface area is 149 Å². The van der Waals surface area contributed by atoms with Gasteiger partial charge in [0.25, 0.3) is 0 Å². The molecule has 0 amide bonds. The first-order chi connectivity index (χ1) is 12.5. The zero-order valence-corrected chi connectivity index (χ0v) is 13.2. The molecule has 27 heavy (non-hydrogen) atoms. The van der Waals surface area contributed by atoms with Gasteiger partial charge >= 0.3 is 23.9 Å². The van der Waals surface area contributed by atoms with Crippen LogP contribution in [0.5, 0.6) is 17.2 Å². The summed E-state index contributed by atoms with van der Waals surface area (Å²) in [5.74, 6) is -7.72. The number of hydrogen-bond donors (Lipinski definition) is 7. The van der Waals surface area contributed by atoms with Gasteiger partial charge in [0.1, 0.15) is 11.3 Å². The molecule has 0 aliphatic heterocycles. The Morgan fingerprint density at radius 1 is 0.593 bits per heavy atom. The van der Waals surface area contributed by atoms with E-state index in [0.717, 1.165) is 30.3 Å². The summed E-state index contributed by atoms with van der Waals surface area (Å²) >= 11 is 0. The van der Waals surface area contributed by atoms with E-state index in [4.69, 9.17) is 35.7 Å². The third kappa shape index (κ3) is 4.85. The van der Waals surface area contributed by atoms with Crippen LogP contribution in [0.2, 0.25) is 0 Å². The van der Waals surface area contributed by atoms with Crippen LogP contribution in [0.15, 0.2) is 30.3 Å². The van der Waals surface area contributed by atoms with Gasteiger partial charge < -0.3 is 35.7 Å². The molecule has 0 unspecified atom stereocenters. The molecule has 0 aliphatic rings. The summed E-state index contributed by atoms with van der Waals surface area (Å²) in [7, 11) is 0. The number of phenolic OH excluding ortho intramolecular Hbond substituents is 2. The monoisotopic (exact) mass is 380 g/mol. The Kier molecular flexibility index (Phi) is 6.31. The number of hydrogen-bond acceptors (Lipinski definition) is 7. The van der Waals surface area contributed by atoms with Crippen LogP contribution in [-0.4, -0.2) is 59.6 Å². The van der Waals surface area contributed by atoms with Gasteiger partial charge in [-0.15, -0.1) is 0 Å². The number of aromatic hydroxyl groups is 3. The summed E-state index contributed by atoms with van der Waals surface area (Å²) in [5, 5.41) is 61.2. The van der Waals surface area contributed by atoms with Crippen molar-refractivity contribution in [3.8, 4) is 17.2 Å². The van der Waals surface area contributed by atoms with E-state index in [1.165, 1.54) is 0 Å². The van der Waals surface area contributed by atoms with Gasteiger partial charge in [-0.1, -0.05) is 0 Å². The molecule has 11 nitrogen and oxygen atoms in total. The first-order valence-electron chi connectivity index (χ1n) is 6.78. The van der Waals surface area contributed by atoms with Crippen LogP contribution in [0, 0.1) is 0 Å². The Morgan fingerprint density at radius 2 is 1.07 bits per heavy atom. The smallest absolute Gasteiger partial charge is 0.340 e. The summed E-state index contributed by atoms with van der Waals surface area (Å²) < 4.78 is 0. The minimum absolute atomic E-state index is 0.276. The zero-order valence-electron chi connectivity index (χ0n) is 13.2. The topological polar surface area (TPSA) is 210 Å². The standard InChI is InChI=1S/C8H6O6.C8H6O5/c9-4-2-1-3(7(11)12)5(6(4)10)8(13)14;9-4-1-2-5(7(10)11)6(3-4)8(12)13/h1-2,9-10H,(H,11,12)(H,13,14);1-3,9H,(H,10,11)(H,12,13). The van der Waals surface area contributed by atoms with E-state index in [-0.39, 0.29) is 11.3 Å². The molecular weight excluding hydrogens is 368 g/mol. The average Bonchev–Trinajstić information content (AvgIpc) is 2.56. The molecule has 0 heterocycles. The number of benzene rings is 2. The van der Waals surface area contributed by atoms with Crippen molar-refractivity contribution in [3.63, 3.8) is 0 Å². The third-order valence-corrected chi connectivity index (χ3v) is 3.06. The predicted octanol–water partition coefficient (Wildman–Crippen LogP) is 1.28. The molecule has 142 valence electrons. The lowest BCUT2D eigenvalue weighted by molar-refractivity contribution is 0.0648. The summed E-state index contributed by atoms with van der Waals surface area (Å²) in [6.07, 6.45) is 0. The minimum atomic E-state index is -1.61. The van der Waals surface area contributed by atoms with Crippen molar-refractivity contribution in [2.45, 2.75) is 0 Å². The molecule has 2 aromatic carbocycles. The number of carboxylic acids is 4. The highest BCUT2D eigenvalue weighted by atomic mass is 16.4. The summed E-state index contributed by atoms with van der Waals surface area (Å²) in [6, 6.07) is 4.87. The Bertz CT molecular complexity index is 930. The molecule has 2 rings (SSSR count). The highest BCUT2D eigenvalue weighted by Gasteiger charge is 2.22. The molecule has 0 radical (unpaired) electrons. The molecule has 2 aromatic rings. The van der Waals surface area contributed by atoms with E-state index < -0.39 is 52.1 Å². The van der Waals surface area contributed by atoms with Gasteiger partial charge in [0, 0.05) is 0 Å². The quantitative estimate of drug-likeness (QED) is 0.375. The van der Waals surface area contributed by atoms with E-state index in [2.05, 4.69) is 0 Å². The van der Waals surface area contributed by atoms with Crippen molar-refractivity contribution in [1.29, 1.82) is 0 Å². The van der Waals surface area contributed by atoms with Gasteiger partial charge in [-0.05, 0) is 30.3 Å². The maximum atomic E-state index is 10.6. The number of carbonyl (C=O) groups is 4. The lowest BCUT2D eigenvalue weighted by atomic mass is 10.1. The Morgan fingerprint density at radius 3 is 1.52 bits per heavy atom. The van der Waals surface area contributed by atoms with Crippen LogP contribution in [-0.2, 0) is 0 Å². The zero-order chi connectivity index (χ0) is 20.9. The largest absolute Gasteiger partial charge is 0.508 e. The molecule has 0 spiro atoms. The number of aromatic carboxylic acids is 4. The van der Waals surface area contributed by atoms with Crippen molar-refractivity contribution in [2.75, 3.05) is 0 Å². The summed E-state index contributed by atoms with van der Waals surface area (Å²) in [4.78, 5) is 42.1. The fourth-order valence-corrected chi connectivity index (χ4v) is 1.87. The van der Waals surface area contributed by atoms with Gasteiger partial charge in [0.05, 0.1) is 16.7 Å². The van der Waals surface area contributed by atoms with E-state index in [1.54, 1.807) is 0 Å². The maximum absolute atomic E-state index is 10.6. The molecule has 0 aliphatic carbocycles. The third-order valence-electron chi connectivity index (χ3n) is 3.06. The first kappa shape index (κ1) is 20.8. The molecule has 0 aromatic heterocycles. The van der Waals surface area contributed by atoms with Gasteiger partial charge in [-0.3, -0.25) is 0 Å². The van der Waals surface area contributed by atoms with Crippen LogP contribution >= 0.6 is 0 Å².